The minimum atomic E-state index is -3.53. The minimum absolute atomic E-state index is 0.0864. The Kier molecular flexibility index (Phi) is 6.40. The summed E-state index contributed by atoms with van der Waals surface area (Å²) in [5.41, 5.74) is 0.969. The van der Waals surface area contributed by atoms with Gasteiger partial charge in [0, 0.05) is 28.2 Å². The molecule has 30 heavy (non-hydrogen) atoms. The first-order valence-corrected chi connectivity index (χ1v) is 13.6. The monoisotopic (exact) mass is 481 g/mol. The Bertz CT molecular complexity index is 1150. The van der Waals surface area contributed by atoms with Crippen molar-refractivity contribution in [3.63, 3.8) is 0 Å². The molecule has 4 rings (SSSR count). The second kappa shape index (κ2) is 8.88. The number of amides is 1. The van der Waals surface area contributed by atoms with Crippen molar-refractivity contribution in [2.24, 2.45) is 5.92 Å². The third kappa shape index (κ3) is 4.67. The first-order chi connectivity index (χ1) is 14.3. The van der Waals surface area contributed by atoms with Gasteiger partial charge in [-0.2, -0.15) is 4.31 Å². The van der Waals surface area contributed by atoms with Gasteiger partial charge in [-0.05, 0) is 51.0 Å². The van der Waals surface area contributed by atoms with Crippen molar-refractivity contribution in [3.05, 3.63) is 44.4 Å². The molecule has 0 aromatic carbocycles. The van der Waals surface area contributed by atoms with Crippen LogP contribution in [0.25, 0.3) is 10.6 Å². The highest BCUT2D eigenvalue weighted by Gasteiger charge is 2.33. The molecule has 3 aromatic heterocycles. The number of rotatable bonds is 6. The number of carbonyl (C=O) groups excluding carboxylic acids is 1. The molecule has 1 fully saturated rings. The Morgan fingerprint density at radius 3 is 2.77 bits per heavy atom. The maximum absolute atomic E-state index is 12.9. The van der Waals surface area contributed by atoms with Gasteiger partial charge in [0.05, 0.1) is 28.0 Å². The van der Waals surface area contributed by atoms with Crippen LogP contribution in [0.5, 0.6) is 0 Å². The summed E-state index contributed by atoms with van der Waals surface area (Å²) in [4.78, 5) is 20.3. The van der Waals surface area contributed by atoms with E-state index in [2.05, 4.69) is 10.3 Å². The molecule has 1 unspecified atom stereocenters. The van der Waals surface area contributed by atoms with Crippen LogP contribution in [0.2, 0.25) is 0 Å². The summed E-state index contributed by atoms with van der Waals surface area (Å²) in [5.74, 6) is -0.410. The van der Waals surface area contributed by atoms with Gasteiger partial charge in [0.1, 0.15) is 4.21 Å². The minimum Gasteiger partial charge on any atom is -0.351 e. The number of hydrogen-bond donors (Lipinski definition) is 1. The second-order valence-corrected chi connectivity index (χ2v) is 13.0. The molecule has 1 N–H and O–H groups in total. The van der Waals surface area contributed by atoms with Crippen LogP contribution in [0.15, 0.2) is 33.9 Å². The lowest BCUT2D eigenvalue weighted by Crippen LogP contribution is -2.45. The van der Waals surface area contributed by atoms with Gasteiger partial charge in [0.15, 0.2) is 0 Å². The van der Waals surface area contributed by atoms with Crippen molar-refractivity contribution >= 4 is 49.9 Å². The van der Waals surface area contributed by atoms with Crippen molar-refractivity contribution in [2.45, 2.75) is 37.4 Å². The molecule has 0 bridgehead atoms. The number of sulfonamides is 1. The van der Waals surface area contributed by atoms with Crippen LogP contribution in [0.1, 0.15) is 27.6 Å². The van der Waals surface area contributed by atoms with Crippen molar-refractivity contribution in [1.29, 1.82) is 0 Å². The fourth-order valence-electron chi connectivity index (χ4n) is 3.46. The lowest BCUT2D eigenvalue weighted by Gasteiger charge is -2.30. The third-order valence-electron chi connectivity index (χ3n) is 5.03. The van der Waals surface area contributed by atoms with Gasteiger partial charge in [0.25, 0.3) is 10.0 Å². The SMILES string of the molecule is Cc1ccc(S(=O)(=O)N2CCCC(C(=O)NCc3ccc(-c4csc(C)n4)s3)C2)s1. The number of thiophene rings is 2. The highest BCUT2D eigenvalue weighted by atomic mass is 32.2. The Labute approximate surface area is 188 Å². The highest BCUT2D eigenvalue weighted by molar-refractivity contribution is 7.91. The predicted molar refractivity (Wildman–Crippen MR) is 123 cm³/mol. The first kappa shape index (κ1) is 21.6. The quantitative estimate of drug-likeness (QED) is 0.570. The van der Waals surface area contributed by atoms with Crippen LogP contribution >= 0.6 is 34.0 Å². The number of nitrogens with zero attached hydrogens (tertiary/aromatic N) is 2. The summed E-state index contributed by atoms with van der Waals surface area (Å²) in [6.45, 7) is 5.02. The molecule has 10 heteroatoms. The van der Waals surface area contributed by atoms with E-state index >= 15 is 0 Å². The maximum atomic E-state index is 12.9. The van der Waals surface area contributed by atoms with Crippen LogP contribution in [-0.4, -0.2) is 36.7 Å². The molecular weight excluding hydrogens is 459 g/mol. The summed E-state index contributed by atoms with van der Waals surface area (Å²) in [6.07, 6.45) is 1.39. The molecule has 0 radical (unpaired) electrons. The molecule has 3 aromatic rings. The highest BCUT2D eigenvalue weighted by Crippen LogP contribution is 2.30. The lowest BCUT2D eigenvalue weighted by atomic mass is 9.99. The number of thiazole rings is 1. The number of piperidine rings is 1. The molecule has 1 saturated heterocycles. The van der Waals surface area contributed by atoms with Gasteiger partial charge in [-0.25, -0.2) is 13.4 Å². The van der Waals surface area contributed by atoms with Gasteiger partial charge in [-0.3, -0.25) is 4.79 Å². The Morgan fingerprint density at radius 2 is 2.07 bits per heavy atom. The Morgan fingerprint density at radius 1 is 1.23 bits per heavy atom. The third-order valence-corrected chi connectivity index (χ3v) is 10.2. The lowest BCUT2D eigenvalue weighted by molar-refractivity contribution is -0.126. The molecule has 0 aliphatic carbocycles. The van der Waals surface area contributed by atoms with Gasteiger partial charge in [0.2, 0.25) is 5.91 Å². The normalized spacial score (nSPS) is 17.9. The summed E-state index contributed by atoms with van der Waals surface area (Å²) in [6, 6.07) is 7.50. The van der Waals surface area contributed by atoms with Crippen LogP contribution in [0.4, 0.5) is 0 Å². The van der Waals surface area contributed by atoms with E-state index in [9.17, 15) is 13.2 Å². The standard InChI is InChI=1S/C20H23N3O3S4/c1-13-5-8-19(28-13)30(25,26)23-9-3-4-15(11-23)20(24)21-10-16-6-7-18(29-16)17-12-27-14(2)22-17/h5-8,12,15H,3-4,9-11H2,1-2H3,(H,21,24). The molecule has 6 nitrogen and oxygen atoms in total. The number of aromatic nitrogens is 1. The zero-order valence-electron chi connectivity index (χ0n) is 16.8. The number of aryl methyl sites for hydroxylation is 2. The van der Waals surface area contributed by atoms with Crippen molar-refractivity contribution in [1.82, 2.24) is 14.6 Å². The van der Waals surface area contributed by atoms with Crippen LogP contribution in [0, 0.1) is 19.8 Å². The molecular formula is C20H23N3O3S4. The maximum Gasteiger partial charge on any atom is 0.252 e. The zero-order chi connectivity index (χ0) is 21.3. The molecule has 1 aliphatic heterocycles. The van der Waals surface area contributed by atoms with E-state index in [0.717, 1.165) is 25.3 Å². The van der Waals surface area contributed by atoms with Crippen LogP contribution in [-0.2, 0) is 21.4 Å². The van der Waals surface area contributed by atoms with E-state index in [0.29, 0.717) is 30.1 Å². The van der Waals surface area contributed by atoms with Gasteiger partial charge in [-0.1, -0.05) is 0 Å². The fraction of sp³-hybridized carbons (Fsp3) is 0.400. The molecule has 0 saturated carbocycles. The number of carbonyl (C=O) groups is 1. The largest absolute Gasteiger partial charge is 0.351 e. The van der Waals surface area contributed by atoms with Crippen LogP contribution < -0.4 is 5.32 Å². The predicted octanol–water partition coefficient (Wildman–Crippen LogP) is 4.27. The van der Waals surface area contributed by atoms with Crippen LogP contribution in [0.3, 0.4) is 0 Å². The molecule has 0 spiro atoms. The number of nitrogens with one attached hydrogen (secondary N) is 1. The summed E-state index contributed by atoms with van der Waals surface area (Å²) in [7, 11) is -3.53. The summed E-state index contributed by atoms with van der Waals surface area (Å²) < 4.78 is 27.6. The smallest absolute Gasteiger partial charge is 0.252 e. The number of hydrogen-bond acceptors (Lipinski definition) is 7. The summed E-state index contributed by atoms with van der Waals surface area (Å²) in [5, 5.41) is 6.06. The zero-order valence-corrected chi connectivity index (χ0v) is 20.0. The average molecular weight is 482 g/mol. The molecule has 1 atom stereocenters. The van der Waals surface area contributed by atoms with E-state index in [1.54, 1.807) is 28.7 Å². The second-order valence-electron chi connectivity index (χ2n) is 7.30. The van der Waals surface area contributed by atoms with Crippen molar-refractivity contribution in [2.75, 3.05) is 13.1 Å². The molecule has 1 aliphatic rings. The molecule has 1 amide bonds. The van der Waals surface area contributed by atoms with E-state index in [1.165, 1.54) is 15.6 Å². The van der Waals surface area contributed by atoms with E-state index < -0.39 is 10.0 Å². The average Bonchev–Trinajstić information content (AvgIpc) is 3.47. The van der Waals surface area contributed by atoms with Gasteiger partial charge < -0.3 is 5.32 Å². The van der Waals surface area contributed by atoms with E-state index in [1.807, 2.05) is 37.4 Å². The molecule has 160 valence electrons. The topological polar surface area (TPSA) is 79.4 Å². The first-order valence-electron chi connectivity index (χ1n) is 9.68. The van der Waals surface area contributed by atoms with Crippen molar-refractivity contribution < 1.29 is 13.2 Å². The fourth-order valence-corrected chi connectivity index (χ4v) is 8.02. The van der Waals surface area contributed by atoms with Gasteiger partial charge >= 0.3 is 0 Å². The van der Waals surface area contributed by atoms with E-state index in [4.69, 9.17) is 0 Å². The molecule has 4 heterocycles. The summed E-state index contributed by atoms with van der Waals surface area (Å²) >= 11 is 4.51. The Hall–Kier alpha value is -1.59. The van der Waals surface area contributed by atoms with E-state index in [-0.39, 0.29) is 18.4 Å². The van der Waals surface area contributed by atoms with Crippen molar-refractivity contribution in [3.8, 4) is 10.6 Å². The van der Waals surface area contributed by atoms with Gasteiger partial charge in [-0.15, -0.1) is 34.0 Å². The Balaban J connectivity index is 1.36.